The molecule has 3 aromatic rings. The Kier molecular flexibility index (Phi) is 5.39. The monoisotopic (exact) mass is 370 g/mol. The van der Waals surface area contributed by atoms with Crippen LogP contribution in [0.2, 0.25) is 5.02 Å². The van der Waals surface area contributed by atoms with Crippen LogP contribution in [0.15, 0.2) is 55.1 Å². The SMILES string of the molecule is Clc1ccc(-n2cccc2CN2CCC(OCc3c[nH]cn3)CC2)cc1. The number of piperidine rings is 1. The number of H-pyrrole nitrogens is 1. The molecule has 136 valence electrons. The minimum Gasteiger partial charge on any atom is -0.372 e. The largest absolute Gasteiger partial charge is 0.372 e. The topological polar surface area (TPSA) is 46.1 Å². The molecule has 6 heteroatoms. The van der Waals surface area contributed by atoms with Crippen molar-refractivity contribution in [3.63, 3.8) is 0 Å². The Morgan fingerprint density at radius 3 is 2.69 bits per heavy atom. The first kappa shape index (κ1) is 17.3. The Morgan fingerprint density at radius 1 is 1.15 bits per heavy atom. The molecule has 0 radical (unpaired) electrons. The van der Waals surface area contributed by atoms with Gasteiger partial charge in [-0.05, 0) is 49.2 Å². The maximum Gasteiger partial charge on any atom is 0.0924 e. The third-order valence-corrected chi connectivity index (χ3v) is 5.13. The van der Waals surface area contributed by atoms with Crippen molar-refractivity contribution in [3.05, 3.63) is 71.5 Å². The molecular weight excluding hydrogens is 348 g/mol. The van der Waals surface area contributed by atoms with Gasteiger partial charge < -0.3 is 14.3 Å². The van der Waals surface area contributed by atoms with E-state index in [1.807, 2.05) is 18.3 Å². The van der Waals surface area contributed by atoms with Gasteiger partial charge in [0.2, 0.25) is 0 Å². The summed E-state index contributed by atoms with van der Waals surface area (Å²) in [6, 6.07) is 12.3. The van der Waals surface area contributed by atoms with Crippen molar-refractivity contribution in [2.45, 2.75) is 32.1 Å². The minimum absolute atomic E-state index is 0.325. The van der Waals surface area contributed by atoms with Crippen LogP contribution in [0.3, 0.4) is 0 Å². The van der Waals surface area contributed by atoms with Gasteiger partial charge in [0, 0.05) is 48.4 Å². The molecule has 0 amide bonds. The van der Waals surface area contributed by atoms with Crippen molar-refractivity contribution in [2.24, 2.45) is 0 Å². The van der Waals surface area contributed by atoms with E-state index in [-0.39, 0.29) is 0 Å². The minimum atomic E-state index is 0.325. The molecule has 1 saturated heterocycles. The van der Waals surface area contributed by atoms with Crippen LogP contribution in [0.5, 0.6) is 0 Å². The molecule has 2 aromatic heterocycles. The predicted octanol–water partition coefficient (Wildman–Crippen LogP) is 4.04. The highest BCUT2D eigenvalue weighted by Gasteiger charge is 2.20. The number of halogens is 1. The van der Waals surface area contributed by atoms with Crippen molar-refractivity contribution < 1.29 is 4.74 Å². The zero-order valence-electron chi connectivity index (χ0n) is 14.6. The van der Waals surface area contributed by atoms with E-state index in [1.165, 1.54) is 5.69 Å². The van der Waals surface area contributed by atoms with E-state index < -0.39 is 0 Å². The molecule has 1 fully saturated rings. The molecule has 0 aliphatic carbocycles. The molecule has 3 heterocycles. The second kappa shape index (κ2) is 8.08. The highest BCUT2D eigenvalue weighted by Crippen LogP contribution is 2.20. The fourth-order valence-corrected chi connectivity index (χ4v) is 3.56. The maximum atomic E-state index is 6.01. The lowest BCUT2D eigenvalue weighted by atomic mass is 10.1. The normalized spacial score (nSPS) is 16.2. The molecule has 1 N–H and O–H groups in total. The summed E-state index contributed by atoms with van der Waals surface area (Å²) in [5, 5.41) is 0.763. The number of benzene rings is 1. The first-order valence-electron chi connectivity index (χ1n) is 9.02. The van der Waals surface area contributed by atoms with Crippen LogP contribution in [0.25, 0.3) is 5.69 Å². The van der Waals surface area contributed by atoms with Gasteiger partial charge >= 0.3 is 0 Å². The van der Waals surface area contributed by atoms with Gasteiger partial charge in [0.05, 0.1) is 24.7 Å². The van der Waals surface area contributed by atoms with E-state index in [4.69, 9.17) is 16.3 Å². The van der Waals surface area contributed by atoms with E-state index in [0.717, 1.165) is 48.9 Å². The molecule has 26 heavy (non-hydrogen) atoms. The lowest BCUT2D eigenvalue weighted by Crippen LogP contribution is -2.36. The fourth-order valence-electron chi connectivity index (χ4n) is 3.43. The molecule has 0 spiro atoms. The van der Waals surface area contributed by atoms with E-state index in [1.54, 1.807) is 6.33 Å². The van der Waals surface area contributed by atoms with Crippen LogP contribution in [-0.2, 0) is 17.9 Å². The first-order valence-corrected chi connectivity index (χ1v) is 9.39. The molecule has 0 bridgehead atoms. The van der Waals surface area contributed by atoms with Crippen LogP contribution >= 0.6 is 11.6 Å². The molecule has 1 aromatic carbocycles. The first-order chi connectivity index (χ1) is 12.8. The highest BCUT2D eigenvalue weighted by atomic mass is 35.5. The van der Waals surface area contributed by atoms with Gasteiger partial charge in [-0.15, -0.1) is 0 Å². The number of nitrogens with zero attached hydrogens (tertiary/aromatic N) is 3. The smallest absolute Gasteiger partial charge is 0.0924 e. The lowest BCUT2D eigenvalue weighted by Gasteiger charge is -2.32. The van der Waals surface area contributed by atoms with Gasteiger partial charge in [-0.25, -0.2) is 4.98 Å². The Labute approximate surface area is 158 Å². The summed E-state index contributed by atoms with van der Waals surface area (Å²) in [4.78, 5) is 9.67. The summed E-state index contributed by atoms with van der Waals surface area (Å²) in [7, 11) is 0. The molecule has 0 atom stereocenters. The second-order valence-corrected chi connectivity index (χ2v) is 7.13. The number of ether oxygens (including phenoxy) is 1. The van der Waals surface area contributed by atoms with Gasteiger partial charge in [0.15, 0.2) is 0 Å². The molecule has 1 aliphatic heterocycles. The summed E-state index contributed by atoms with van der Waals surface area (Å²) >= 11 is 6.01. The number of likely N-dealkylation sites (tertiary alicyclic amines) is 1. The van der Waals surface area contributed by atoms with Gasteiger partial charge in [0.1, 0.15) is 0 Å². The van der Waals surface area contributed by atoms with Gasteiger partial charge in [-0.2, -0.15) is 0 Å². The van der Waals surface area contributed by atoms with Gasteiger partial charge in [-0.3, -0.25) is 4.90 Å². The number of imidazole rings is 1. The van der Waals surface area contributed by atoms with E-state index in [0.29, 0.717) is 12.7 Å². The Morgan fingerprint density at radius 2 is 1.96 bits per heavy atom. The predicted molar refractivity (Wildman–Crippen MR) is 102 cm³/mol. The van der Waals surface area contributed by atoms with Crippen LogP contribution in [0.4, 0.5) is 0 Å². The van der Waals surface area contributed by atoms with Crippen molar-refractivity contribution in [1.82, 2.24) is 19.4 Å². The number of hydrogen-bond acceptors (Lipinski definition) is 3. The second-order valence-electron chi connectivity index (χ2n) is 6.69. The van der Waals surface area contributed by atoms with Crippen molar-refractivity contribution in [3.8, 4) is 5.69 Å². The third kappa shape index (κ3) is 4.18. The third-order valence-electron chi connectivity index (χ3n) is 4.88. The molecule has 4 rings (SSSR count). The zero-order chi connectivity index (χ0) is 17.8. The molecule has 0 unspecified atom stereocenters. The summed E-state index contributed by atoms with van der Waals surface area (Å²) in [6.07, 6.45) is 8.14. The number of rotatable bonds is 6. The summed E-state index contributed by atoms with van der Waals surface area (Å²) in [5.41, 5.74) is 3.41. The Hall–Kier alpha value is -2.08. The Balaban J connectivity index is 1.31. The summed E-state index contributed by atoms with van der Waals surface area (Å²) < 4.78 is 8.22. The zero-order valence-corrected chi connectivity index (χ0v) is 15.4. The van der Waals surface area contributed by atoms with E-state index in [2.05, 4.69) is 49.9 Å². The number of hydrogen-bond donors (Lipinski definition) is 1. The molecule has 5 nitrogen and oxygen atoms in total. The van der Waals surface area contributed by atoms with Crippen molar-refractivity contribution >= 4 is 11.6 Å². The fraction of sp³-hybridized carbons (Fsp3) is 0.350. The van der Waals surface area contributed by atoms with Crippen LogP contribution in [0.1, 0.15) is 24.2 Å². The average molecular weight is 371 g/mol. The highest BCUT2D eigenvalue weighted by molar-refractivity contribution is 6.30. The maximum absolute atomic E-state index is 6.01. The summed E-state index contributed by atoms with van der Waals surface area (Å²) in [6.45, 7) is 3.64. The Bertz CT molecular complexity index is 805. The average Bonchev–Trinajstić information content (AvgIpc) is 3.34. The summed E-state index contributed by atoms with van der Waals surface area (Å²) in [5.74, 6) is 0. The number of aromatic amines is 1. The van der Waals surface area contributed by atoms with Crippen LogP contribution in [0, 0.1) is 0 Å². The van der Waals surface area contributed by atoms with Crippen LogP contribution in [-0.4, -0.2) is 38.6 Å². The van der Waals surface area contributed by atoms with E-state index >= 15 is 0 Å². The van der Waals surface area contributed by atoms with Crippen molar-refractivity contribution in [2.75, 3.05) is 13.1 Å². The van der Waals surface area contributed by atoms with E-state index in [9.17, 15) is 0 Å². The molecule has 0 saturated carbocycles. The molecular formula is C20H23ClN4O. The number of nitrogens with one attached hydrogen (secondary N) is 1. The van der Waals surface area contributed by atoms with Crippen LogP contribution < -0.4 is 0 Å². The lowest BCUT2D eigenvalue weighted by molar-refractivity contribution is -0.00538. The standard InChI is InChI=1S/C20H23ClN4O/c21-16-3-5-18(6-4-16)25-9-1-2-19(25)13-24-10-7-20(8-11-24)26-14-17-12-22-15-23-17/h1-6,9,12,15,20H,7-8,10-11,13-14H2,(H,22,23). The number of aromatic nitrogens is 3. The van der Waals surface area contributed by atoms with Gasteiger partial charge in [-0.1, -0.05) is 11.6 Å². The van der Waals surface area contributed by atoms with Crippen molar-refractivity contribution in [1.29, 1.82) is 0 Å². The van der Waals surface area contributed by atoms with Gasteiger partial charge in [0.25, 0.3) is 0 Å². The molecule has 1 aliphatic rings. The quantitative estimate of drug-likeness (QED) is 0.712.